The van der Waals surface area contributed by atoms with Crippen LogP contribution in [0.5, 0.6) is 0 Å². The number of likely N-dealkylation sites (tertiary alicyclic amines) is 1. The van der Waals surface area contributed by atoms with Crippen molar-refractivity contribution in [3.63, 3.8) is 0 Å². The predicted octanol–water partition coefficient (Wildman–Crippen LogP) is 2.08. The molecule has 2 atom stereocenters. The second kappa shape index (κ2) is 5.46. The molecule has 0 aliphatic carbocycles. The summed E-state index contributed by atoms with van der Waals surface area (Å²) in [6.07, 6.45) is 2.10. The summed E-state index contributed by atoms with van der Waals surface area (Å²) in [4.78, 5) is 13.0. The van der Waals surface area contributed by atoms with Crippen LogP contribution in [0, 0.1) is 10.1 Å². The summed E-state index contributed by atoms with van der Waals surface area (Å²) in [5.74, 6) is 0. The molecule has 1 fully saturated rings. The molecule has 0 aromatic heterocycles. The Bertz CT molecular complexity index is 436. The van der Waals surface area contributed by atoms with E-state index in [1.165, 1.54) is 0 Å². The lowest BCUT2D eigenvalue weighted by atomic mass is 10.00. The zero-order valence-corrected chi connectivity index (χ0v) is 10.6. The van der Waals surface area contributed by atoms with Crippen LogP contribution in [0.15, 0.2) is 24.3 Å². The molecule has 1 saturated heterocycles. The molecule has 1 aliphatic heterocycles. The summed E-state index contributed by atoms with van der Waals surface area (Å²) in [6, 6.07) is 7.18. The number of nitro groups is 1. The second-order valence-corrected chi connectivity index (χ2v) is 4.89. The molecule has 1 heterocycles. The van der Waals surface area contributed by atoms with Crippen molar-refractivity contribution in [1.29, 1.82) is 0 Å². The van der Waals surface area contributed by atoms with Crippen LogP contribution < -0.4 is 5.73 Å². The second-order valence-electron chi connectivity index (χ2n) is 4.89. The van der Waals surface area contributed by atoms with E-state index in [2.05, 4.69) is 4.90 Å². The Labute approximate surface area is 107 Å². The molecular formula is C13H19N3O2. The van der Waals surface area contributed by atoms with E-state index in [1.807, 2.05) is 19.1 Å². The van der Waals surface area contributed by atoms with E-state index in [0.29, 0.717) is 0 Å². The Morgan fingerprint density at radius 2 is 2.22 bits per heavy atom. The van der Waals surface area contributed by atoms with Crippen LogP contribution in [-0.2, 0) is 0 Å². The first-order chi connectivity index (χ1) is 8.59. The van der Waals surface area contributed by atoms with Gasteiger partial charge >= 0.3 is 0 Å². The Kier molecular flexibility index (Phi) is 3.93. The maximum Gasteiger partial charge on any atom is 0.274 e. The molecule has 0 spiro atoms. The molecule has 2 unspecified atom stereocenters. The van der Waals surface area contributed by atoms with Gasteiger partial charge in [0.25, 0.3) is 5.69 Å². The molecule has 2 N–H and O–H groups in total. The first-order valence-electron chi connectivity index (χ1n) is 6.32. The zero-order chi connectivity index (χ0) is 13.1. The minimum atomic E-state index is -0.310. The lowest BCUT2D eigenvalue weighted by molar-refractivity contribution is -0.386. The summed E-state index contributed by atoms with van der Waals surface area (Å²) in [7, 11) is 0. The zero-order valence-electron chi connectivity index (χ0n) is 10.6. The van der Waals surface area contributed by atoms with Crippen LogP contribution in [0.2, 0.25) is 0 Å². The van der Waals surface area contributed by atoms with Gasteiger partial charge in [-0.15, -0.1) is 0 Å². The third kappa shape index (κ3) is 2.68. The number of benzene rings is 1. The van der Waals surface area contributed by atoms with E-state index >= 15 is 0 Å². The fourth-order valence-corrected chi connectivity index (χ4v) is 2.60. The van der Waals surface area contributed by atoms with Crippen molar-refractivity contribution in [2.75, 3.05) is 13.1 Å². The lowest BCUT2D eigenvalue weighted by Gasteiger charge is -2.35. The van der Waals surface area contributed by atoms with Crippen LogP contribution in [0.4, 0.5) is 5.69 Å². The van der Waals surface area contributed by atoms with Crippen molar-refractivity contribution in [2.24, 2.45) is 5.73 Å². The highest BCUT2D eigenvalue weighted by Crippen LogP contribution is 2.30. The Hall–Kier alpha value is -1.46. The molecule has 0 amide bonds. The maximum absolute atomic E-state index is 11.0. The van der Waals surface area contributed by atoms with Gasteiger partial charge in [0, 0.05) is 30.3 Å². The molecule has 1 aliphatic rings. The van der Waals surface area contributed by atoms with Gasteiger partial charge in [-0.3, -0.25) is 15.0 Å². The van der Waals surface area contributed by atoms with Crippen molar-refractivity contribution in [3.8, 4) is 0 Å². The lowest BCUT2D eigenvalue weighted by Crippen LogP contribution is -2.43. The van der Waals surface area contributed by atoms with Gasteiger partial charge in [0.1, 0.15) is 0 Å². The SMILES string of the molecule is CC(c1ccccc1[N+](=O)[O-])N1CCCC(N)C1. The van der Waals surface area contributed by atoms with Gasteiger partial charge in [-0.05, 0) is 26.3 Å². The quantitative estimate of drug-likeness (QED) is 0.657. The number of para-hydroxylation sites is 1. The maximum atomic E-state index is 11.0. The van der Waals surface area contributed by atoms with Crippen molar-refractivity contribution < 1.29 is 4.92 Å². The topological polar surface area (TPSA) is 72.4 Å². The molecule has 1 aromatic rings. The first-order valence-corrected chi connectivity index (χ1v) is 6.32. The fraction of sp³-hybridized carbons (Fsp3) is 0.538. The minimum Gasteiger partial charge on any atom is -0.327 e. The van der Waals surface area contributed by atoms with Crippen LogP contribution in [0.25, 0.3) is 0 Å². The third-order valence-electron chi connectivity index (χ3n) is 3.62. The van der Waals surface area contributed by atoms with E-state index in [9.17, 15) is 10.1 Å². The highest BCUT2D eigenvalue weighted by molar-refractivity contribution is 5.41. The standard InChI is InChI=1S/C13H19N3O2/c1-10(15-8-4-5-11(14)9-15)12-6-2-3-7-13(12)16(17)18/h2-3,6-7,10-11H,4-5,8-9,14H2,1H3. The van der Waals surface area contributed by atoms with Crippen LogP contribution in [-0.4, -0.2) is 29.0 Å². The van der Waals surface area contributed by atoms with E-state index in [4.69, 9.17) is 5.73 Å². The van der Waals surface area contributed by atoms with Gasteiger partial charge < -0.3 is 5.73 Å². The van der Waals surface area contributed by atoms with Crippen molar-refractivity contribution in [3.05, 3.63) is 39.9 Å². The highest BCUT2D eigenvalue weighted by Gasteiger charge is 2.26. The van der Waals surface area contributed by atoms with Gasteiger partial charge in [0.05, 0.1) is 4.92 Å². The van der Waals surface area contributed by atoms with E-state index < -0.39 is 0 Å². The number of piperidine rings is 1. The molecule has 1 aromatic carbocycles. The van der Waals surface area contributed by atoms with Gasteiger partial charge in [0.2, 0.25) is 0 Å². The molecule has 98 valence electrons. The van der Waals surface area contributed by atoms with Gasteiger partial charge in [-0.25, -0.2) is 0 Å². The number of nitro benzene ring substituents is 1. The van der Waals surface area contributed by atoms with Crippen LogP contribution in [0.3, 0.4) is 0 Å². The van der Waals surface area contributed by atoms with Crippen LogP contribution in [0.1, 0.15) is 31.4 Å². The molecule has 0 radical (unpaired) electrons. The third-order valence-corrected chi connectivity index (χ3v) is 3.62. The molecular weight excluding hydrogens is 230 g/mol. The summed E-state index contributed by atoms with van der Waals surface area (Å²) in [5, 5.41) is 11.0. The number of hydrogen-bond acceptors (Lipinski definition) is 4. The summed E-state index contributed by atoms with van der Waals surface area (Å²) < 4.78 is 0. The Morgan fingerprint density at radius 3 is 2.89 bits per heavy atom. The van der Waals surface area contributed by atoms with Gasteiger partial charge in [-0.1, -0.05) is 18.2 Å². The highest BCUT2D eigenvalue weighted by atomic mass is 16.6. The molecule has 18 heavy (non-hydrogen) atoms. The molecule has 0 bridgehead atoms. The smallest absolute Gasteiger partial charge is 0.274 e. The summed E-state index contributed by atoms with van der Waals surface area (Å²) in [5.41, 5.74) is 6.94. The number of hydrogen-bond donors (Lipinski definition) is 1. The molecule has 0 saturated carbocycles. The monoisotopic (exact) mass is 249 g/mol. The normalized spacial score (nSPS) is 22.7. The number of nitrogens with two attached hydrogens (primary N) is 1. The number of nitrogens with zero attached hydrogens (tertiary/aromatic N) is 2. The number of rotatable bonds is 3. The molecule has 2 rings (SSSR count). The van der Waals surface area contributed by atoms with Gasteiger partial charge in [0.15, 0.2) is 0 Å². The van der Waals surface area contributed by atoms with Gasteiger partial charge in [-0.2, -0.15) is 0 Å². The molecule has 5 nitrogen and oxygen atoms in total. The minimum absolute atomic E-state index is 0.0398. The van der Waals surface area contributed by atoms with E-state index in [-0.39, 0.29) is 22.7 Å². The fourth-order valence-electron chi connectivity index (χ4n) is 2.60. The molecule has 5 heteroatoms. The van der Waals surface area contributed by atoms with Crippen molar-refractivity contribution in [1.82, 2.24) is 4.90 Å². The Morgan fingerprint density at radius 1 is 1.50 bits per heavy atom. The van der Waals surface area contributed by atoms with Crippen molar-refractivity contribution in [2.45, 2.75) is 31.8 Å². The van der Waals surface area contributed by atoms with E-state index in [0.717, 1.165) is 31.5 Å². The predicted molar refractivity (Wildman–Crippen MR) is 70.3 cm³/mol. The average molecular weight is 249 g/mol. The van der Waals surface area contributed by atoms with E-state index in [1.54, 1.807) is 12.1 Å². The average Bonchev–Trinajstić information content (AvgIpc) is 2.38. The first kappa shape index (κ1) is 13.0. The largest absolute Gasteiger partial charge is 0.327 e. The Balaban J connectivity index is 2.22. The van der Waals surface area contributed by atoms with Crippen molar-refractivity contribution >= 4 is 5.69 Å². The summed E-state index contributed by atoms with van der Waals surface area (Å²) >= 11 is 0. The summed E-state index contributed by atoms with van der Waals surface area (Å²) in [6.45, 7) is 3.79. The van der Waals surface area contributed by atoms with Crippen LogP contribution >= 0.6 is 0 Å².